The molecule has 0 aromatic heterocycles. The van der Waals surface area contributed by atoms with E-state index in [2.05, 4.69) is 0 Å². The van der Waals surface area contributed by atoms with Gasteiger partial charge in [-0.1, -0.05) is 11.6 Å². The van der Waals surface area contributed by atoms with Crippen LogP contribution >= 0.6 is 11.6 Å². The Kier molecular flexibility index (Phi) is 5.88. The molecule has 0 aliphatic rings. The van der Waals surface area contributed by atoms with Crippen molar-refractivity contribution in [3.05, 3.63) is 47.5 Å². The van der Waals surface area contributed by atoms with E-state index in [1.54, 1.807) is 42.5 Å². The van der Waals surface area contributed by atoms with Gasteiger partial charge in [0.25, 0.3) is 0 Å². The van der Waals surface area contributed by atoms with Crippen LogP contribution in [-0.4, -0.2) is 29.8 Å². The number of hydrogen-bond acceptors (Lipinski definition) is 6. The van der Waals surface area contributed by atoms with Gasteiger partial charge in [-0.15, -0.1) is 0 Å². The lowest BCUT2D eigenvalue weighted by atomic mass is 10.1. The normalized spacial score (nSPS) is 11.9. The van der Waals surface area contributed by atoms with Crippen molar-refractivity contribution in [2.75, 3.05) is 14.2 Å². The zero-order valence-electron chi connectivity index (χ0n) is 15.3. The van der Waals surface area contributed by atoms with Crippen molar-refractivity contribution < 1.29 is 28.7 Å². The standard InChI is InChI=1S/C20H17ClO6S/c1-11(22)27-18-16-10-14(28(24)13-6-4-12(21)5-7-13)8-9-15(16)17(23)19(25-2)20(18)26-3/h4-10,23H,1-3H3. The van der Waals surface area contributed by atoms with Crippen LogP contribution in [0.3, 0.4) is 0 Å². The summed E-state index contributed by atoms with van der Waals surface area (Å²) in [6.07, 6.45) is 0. The van der Waals surface area contributed by atoms with Crippen molar-refractivity contribution >= 4 is 39.5 Å². The maximum atomic E-state index is 12.9. The minimum atomic E-state index is -1.51. The molecule has 8 heteroatoms. The van der Waals surface area contributed by atoms with Crippen LogP contribution in [0.2, 0.25) is 5.02 Å². The molecule has 146 valence electrons. The van der Waals surface area contributed by atoms with Gasteiger partial charge in [0.15, 0.2) is 21.3 Å². The maximum absolute atomic E-state index is 12.9. The molecule has 0 aliphatic carbocycles. The molecule has 0 saturated carbocycles. The van der Waals surface area contributed by atoms with Gasteiger partial charge in [-0.25, -0.2) is 0 Å². The molecule has 0 fully saturated rings. The third kappa shape index (κ3) is 3.69. The molecular weight excluding hydrogens is 404 g/mol. The van der Waals surface area contributed by atoms with Crippen LogP contribution in [-0.2, 0) is 16.0 Å². The number of hydrogen-bond donors (Lipinski definition) is 1. The van der Waals surface area contributed by atoms with E-state index in [0.29, 0.717) is 25.6 Å². The van der Waals surface area contributed by atoms with E-state index in [0.717, 1.165) is 0 Å². The number of phenolic OH excluding ortho intramolecular Hbond substituents is 1. The number of halogens is 1. The molecule has 0 aliphatic heterocycles. The summed E-state index contributed by atoms with van der Waals surface area (Å²) in [6, 6.07) is 11.4. The number of ether oxygens (including phenoxy) is 3. The average molecular weight is 421 g/mol. The second kappa shape index (κ2) is 8.18. The number of methoxy groups -OCH3 is 2. The minimum Gasteiger partial charge on any atom is -0.606 e. The van der Waals surface area contributed by atoms with Gasteiger partial charge in [0.2, 0.25) is 11.5 Å². The van der Waals surface area contributed by atoms with Crippen LogP contribution in [0.1, 0.15) is 6.92 Å². The Hall–Kier alpha value is -2.61. The molecule has 1 N–H and O–H groups in total. The second-order valence-corrected chi connectivity index (χ2v) is 7.68. The first-order chi connectivity index (χ1) is 13.4. The van der Waals surface area contributed by atoms with Gasteiger partial charge in [0, 0.05) is 40.0 Å². The van der Waals surface area contributed by atoms with Gasteiger partial charge < -0.3 is 23.9 Å². The van der Waals surface area contributed by atoms with Crippen molar-refractivity contribution in [3.8, 4) is 23.0 Å². The van der Waals surface area contributed by atoms with Crippen LogP contribution in [0.25, 0.3) is 10.8 Å². The third-order valence-electron chi connectivity index (χ3n) is 4.01. The lowest BCUT2D eigenvalue weighted by Crippen LogP contribution is -2.06. The molecule has 3 rings (SSSR count). The van der Waals surface area contributed by atoms with E-state index in [-0.39, 0.29) is 23.0 Å². The highest BCUT2D eigenvalue weighted by molar-refractivity contribution is 7.91. The summed E-state index contributed by atoms with van der Waals surface area (Å²) in [6.45, 7) is 1.25. The summed E-state index contributed by atoms with van der Waals surface area (Å²) < 4.78 is 28.8. The fourth-order valence-corrected chi connectivity index (χ4v) is 4.00. The summed E-state index contributed by atoms with van der Waals surface area (Å²) in [5.74, 6) is -0.560. The molecule has 0 radical (unpaired) electrons. The monoisotopic (exact) mass is 420 g/mol. The number of esters is 1. The molecule has 1 unspecified atom stereocenters. The number of carbonyl (C=O) groups is 1. The molecule has 0 heterocycles. The zero-order valence-corrected chi connectivity index (χ0v) is 16.9. The van der Waals surface area contributed by atoms with Crippen molar-refractivity contribution in [3.63, 3.8) is 0 Å². The number of aromatic hydroxyl groups is 1. The molecule has 3 aromatic carbocycles. The van der Waals surface area contributed by atoms with Crippen molar-refractivity contribution in [1.82, 2.24) is 0 Å². The molecular formula is C20H17ClO6S. The summed E-state index contributed by atoms with van der Waals surface area (Å²) in [5, 5.41) is 11.8. The Labute approximate surface area is 169 Å². The molecule has 28 heavy (non-hydrogen) atoms. The van der Waals surface area contributed by atoms with Crippen molar-refractivity contribution in [2.24, 2.45) is 0 Å². The van der Waals surface area contributed by atoms with Crippen LogP contribution in [0.4, 0.5) is 0 Å². The highest BCUT2D eigenvalue weighted by Crippen LogP contribution is 2.51. The lowest BCUT2D eigenvalue weighted by molar-refractivity contribution is -0.131. The second-order valence-electron chi connectivity index (χ2n) is 5.77. The topological polar surface area (TPSA) is 88.1 Å². The minimum absolute atomic E-state index is 0.0397. The summed E-state index contributed by atoms with van der Waals surface area (Å²) in [4.78, 5) is 12.6. The summed E-state index contributed by atoms with van der Waals surface area (Å²) >= 11 is 4.38. The van der Waals surface area contributed by atoms with Crippen LogP contribution in [0.15, 0.2) is 52.3 Å². The molecule has 3 aromatic rings. The van der Waals surface area contributed by atoms with Gasteiger partial charge in [0.1, 0.15) is 0 Å². The predicted molar refractivity (Wildman–Crippen MR) is 106 cm³/mol. The number of fused-ring (bicyclic) bond motifs is 1. The fraction of sp³-hybridized carbons (Fsp3) is 0.150. The summed E-state index contributed by atoms with van der Waals surface area (Å²) in [7, 11) is 2.73. The molecule has 0 spiro atoms. The molecule has 1 atom stereocenters. The molecule has 6 nitrogen and oxygen atoms in total. The number of carbonyl (C=O) groups excluding carboxylic acids is 1. The quantitative estimate of drug-likeness (QED) is 0.376. The Morgan fingerprint density at radius 3 is 2.14 bits per heavy atom. The van der Waals surface area contributed by atoms with Crippen LogP contribution < -0.4 is 14.2 Å². The highest BCUT2D eigenvalue weighted by atomic mass is 35.5. The Bertz CT molecular complexity index is 1040. The largest absolute Gasteiger partial charge is 0.606 e. The summed E-state index contributed by atoms with van der Waals surface area (Å²) in [5.41, 5.74) is 0. The smallest absolute Gasteiger partial charge is 0.308 e. The Morgan fingerprint density at radius 2 is 1.57 bits per heavy atom. The SMILES string of the molecule is COc1c(OC)c(OC(C)=O)c2cc([S+]([O-])c3ccc(Cl)cc3)ccc2c1O. The molecule has 0 bridgehead atoms. The maximum Gasteiger partial charge on any atom is 0.308 e. The number of benzene rings is 3. The molecule has 0 saturated heterocycles. The van der Waals surface area contributed by atoms with Crippen molar-refractivity contribution in [2.45, 2.75) is 16.7 Å². The van der Waals surface area contributed by atoms with E-state index in [4.69, 9.17) is 25.8 Å². The van der Waals surface area contributed by atoms with Gasteiger partial charge in [-0.3, -0.25) is 4.79 Å². The first-order valence-electron chi connectivity index (χ1n) is 8.13. The first-order valence-corrected chi connectivity index (χ1v) is 9.66. The Balaban J connectivity index is 2.24. The fourth-order valence-electron chi connectivity index (χ4n) is 2.80. The number of rotatable bonds is 5. The van der Waals surface area contributed by atoms with E-state index < -0.39 is 17.1 Å². The van der Waals surface area contributed by atoms with E-state index in [1.165, 1.54) is 21.1 Å². The Morgan fingerprint density at radius 1 is 0.964 bits per heavy atom. The van der Waals surface area contributed by atoms with Crippen LogP contribution in [0.5, 0.6) is 23.0 Å². The predicted octanol–water partition coefficient (Wildman–Crippen LogP) is 4.31. The number of phenols is 1. The zero-order chi connectivity index (χ0) is 20.4. The molecule has 0 amide bonds. The van der Waals surface area contributed by atoms with Crippen LogP contribution in [0, 0.1) is 0 Å². The van der Waals surface area contributed by atoms with E-state index >= 15 is 0 Å². The lowest BCUT2D eigenvalue weighted by Gasteiger charge is -2.18. The highest BCUT2D eigenvalue weighted by Gasteiger charge is 2.25. The third-order valence-corrected chi connectivity index (χ3v) is 5.65. The van der Waals surface area contributed by atoms with Gasteiger partial charge in [-0.2, -0.15) is 0 Å². The van der Waals surface area contributed by atoms with E-state index in [9.17, 15) is 14.5 Å². The van der Waals surface area contributed by atoms with E-state index in [1.807, 2.05) is 0 Å². The first kappa shape index (κ1) is 20.1. The van der Waals surface area contributed by atoms with Crippen molar-refractivity contribution in [1.29, 1.82) is 0 Å². The van der Waals surface area contributed by atoms with Gasteiger partial charge >= 0.3 is 5.97 Å². The van der Waals surface area contributed by atoms with Gasteiger partial charge in [0.05, 0.1) is 14.2 Å². The van der Waals surface area contributed by atoms with Gasteiger partial charge in [-0.05, 0) is 36.4 Å². The average Bonchev–Trinajstić information content (AvgIpc) is 2.69.